The Balaban J connectivity index is 3.40. The van der Waals surface area contributed by atoms with E-state index in [4.69, 9.17) is 4.74 Å². The van der Waals surface area contributed by atoms with Crippen molar-refractivity contribution in [2.75, 3.05) is 13.2 Å². The Labute approximate surface area is 507 Å². The molecule has 0 fully saturated rings. The molecule has 0 bridgehead atoms. The number of esters is 1. The highest BCUT2D eigenvalue weighted by molar-refractivity contribution is 5.76. The first-order valence-corrected chi connectivity index (χ1v) is 37.1. The molecule has 81 heavy (non-hydrogen) atoms. The Morgan fingerprint density at radius 1 is 0.333 bits per heavy atom. The SMILES string of the molecule is CCCCCCCCC/C=C\CCCCCCCCCC(=O)OCCCCCCCCCCCCC/C=C\CCCCCCCCCC(=O)NC(CO)C(O)CCCCCCCCCCCCCCCCCCCCCCCCCC. The molecule has 2 atom stereocenters. The number of ether oxygens (including phenoxy) is 1. The third-order valence-corrected chi connectivity index (χ3v) is 17.5. The molecule has 0 aromatic carbocycles. The molecule has 0 aliphatic rings. The second-order valence-corrected chi connectivity index (χ2v) is 25.6. The van der Waals surface area contributed by atoms with Crippen molar-refractivity contribution in [1.29, 1.82) is 0 Å². The van der Waals surface area contributed by atoms with Gasteiger partial charge in [-0.05, 0) is 77.0 Å². The van der Waals surface area contributed by atoms with Crippen molar-refractivity contribution >= 4 is 11.9 Å². The first kappa shape index (κ1) is 79.3. The van der Waals surface area contributed by atoms with E-state index in [2.05, 4.69) is 43.5 Å². The van der Waals surface area contributed by atoms with Gasteiger partial charge < -0.3 is 20.3 Å². The predicted octanol–water partition coefficient (Wildman–Crippen LogP) is 24.1. The van der Waals surface area contributed by atoms with Gasteiger partial charge in [-0.1, -0.05) is 353 Å². The fourth-order valence-corrected chi connectivity index (χ4v) is 11.8. The summed E-state index contributed by atoms with van der Waals surface area (Å²) in [5, 5.41) is 23.4. The highest BCUT2D eigenvalue weighted by Crippen LogP contribution is 2.19. The molecular formula is C75H145NO5. The normalized spacial score (nSPS) is 12.6. The van der Waals surface area contributed by atoms with E-state index >= 15 is 0 Å². The van der Waals surface area contributed by atoms with E-state index in [0.29, 0.717) is 25.9 Å². The van der Waals surface area contributed by atoms with Crippen molar-refractivity contribution in [3.05, 3.63) is 24.3 Å². The molecule has 0 aliphatic heterocycles. The fourth-order valence-electron chi connectivity index (χ4n) is 11.8. The number of amides is 1. The molecule has 0 aromatic rings. The second-order valence-electron chi connectivity index (χ2n) is 25.6. The Kier molecular flexibility index (Phi) is 69.4. The van der Waals surface area contributed by atoms with Gasteiger partial charge in [-0.3, -0.25) is 9.59 Å². The molecule has 3 N–H and O–H groups in total. The monoisotopic (exact) mass is 1140 g/mol. The average molecular weight is 1140 g/mol. The number of rotatable bonds is 70. The minimum Gasteiger partial charge on any atom is -0.466 e. The second kappa shape index (κ2) is 70.8. The number of allylic oxidation sites excluding steroid dienone is 4. The zero-order valence-electron chi connectivity index (χ0n) is 55.0. The van der Waals surface area contributed by atoms with Crippen LogP contribution in [0.4, 0.5) is 0 Å². The summed E-state index contributed by atoms with van der Waals surface area (Å²) in [4.78, 5) is 24.7. The maximum absolute atomic E-state index is 12.6. The van der Waals surface area contributed by atoms with Gasteiger partial charge in [-0.15, -0.1) is 0 Å². The number of carbonyl (C=O) groups is 2. The number of aliphatic hydroxyl groups is 2. The average Bonchev–Trinajstić information content (AvgIpc) is 3.47. The van der Waals surface area contributed by atoms with Crippen LogP contribution in [0.25, 0.3) is 0 Å². The van der Waals surface area contributed by atoms with Crippen molar-refractivity contribution in [2.45, 2.75) is 431 Å². The summed E-state index contributed by atoms with van der Waals surface area (Å²) in [6, 6.07) is -0.548. The van der Waals surface area contributed by atoms with Crippen molar-refractivity contribution in [3.63, 3.8) is 0 Å². The molecule has 0 aliphatic carbocycles. The minimum atomic E-state index is -0.670. The lowest BCUT2D eigenvalue weighted by Crippen LogP contribution is -2.45. The van der Waals surface area contributed by atoms with Crippen LogP contribution in [-0.2, 0) is 14.3 Å². The van der Waals surface area contributed by atoms with E-state index in [9.17, 15) is 19.8 Å². The van der Waals surface area contributed by atoms with Crippen LogP contribution in [0.3, 0.4) is 0 Å². The molecule has 480 valence electrons. The first-order valence-electron chi connectivity index (χ1n) is 37.1. The summed E-state index contributed by atoms with van der Waals surface area (Å²) in [5.41, 5.74) is 0. The van der Waals surface area contributed by atoms with Crippen LogP contribution < -0.4 is 5.32 Å². The number of unbranched alkanes of at least 4 members (excludes halogenated alkanes) is 55. The summed E-state index contributed by atoms with van der Waals surface area (Å²) >= 11 is 0. The van der Waals surface area contributed by atoms with Crippen molar-refractivity contribution in [2.24, 2.45) is 0 Å². The topological polar surface area (TPSA) is 95.9 Å². The lowest BCUT2D eigenvalue weighted by atomic mass is 10.0. The van der Waals surface area contributed by atoms with Gasteiger partial charge in [0.05, 0.1) is 25.4 Å². The largest absolute Gasteiger partial charge is 0.466 e. The maximum Gasteiger partial charge on any atom is 0.305 e. The molecular weight excluding hydrogens is 995 g/mol. The summed E-state index contributed by atoms with van der Waals surface area (Å²) in [5.74, 6) is -0.0288. The lowest BCUT2D eigenvalue weighted by Gasteiger charge is -2.22. The van der Waals surface area contributed by atoms with Gasteiger partial charge in [0, 0.05) is 12.8 Å². The molecule has 0 rings (SSSR count). The Hall–Kier alpha value is -1.66. The number of aliphatic hydroxyl groups excluding tert-OH is 2. The van der Waals surface area contributed by atoms with Crippen LogP contribution in [0, 0.1) is 0 Å². The van der Waals surface area contributed by atoms with Gasteiger partial charge in [-0.2, -0.15) is 0 Å². The van der Waals surface area contributed by atoms with Crippen molar-refractivity contribution in [3.8, 4) is 0 Å². The van der Waals surface area contributed by atoms with Gasteiger partial charge in [0.1, 0.15) is 0 Å². The van der Waals surface area contributed by atoms with Gasteiger partial charge in [-0.25, -0.2) is 0 Å². The van der Waals surface area contributed by atoms with E-state index < -0.39 is 12.1 Å². The number of hydrogen-bond acceptors (Lipinski definition) is 5. The lowest BCUT2D eigenvalue weighted by molar-refractivity contribution is -0.143. The van der Waals surface area contributed by atoms with E-state index in [1.165, 1.54) is 340 Å². The highest BCUT2D eigenvalue weighted by atomic mass is 16.5. The summed E-state index contributed by atoms with van der Waals surface area (Å²) in [7, 11) is 0. The van der Waals surface area contributed by atoms with Crippen molar-refractivity contribution < 1.29 is 24.5 Å². The maximum atomic E-state index is 12.6. The third kappa shape index (κ3) is 67.3. The van der Waals surface area contributed by atoms with Gasteiger partial charge in [0.15, 0.2) is 0 Å². The van der Waals surface area contributed by atoms with Crippen LogP contribution in [0.2, 0.25) is 0 Å². The summed E-state index contributed by atoms with van der Waals surface area (Å²) in [6.45, 7) is 4.99. The molecule has 0 radical (unpaired) electrons. The van der Waals surface area contributed by atoms with Gasteiger partial charge in [0.25, 0.3) is 0 Å². The quantitative estimate of drug-likeness (QED) is 0.0320. The third-order valence-electron chi connectivity index (χ3n) is 17.5. The number of hydrogen-bond donors (Lipinski definition) is 3. The first-order chi connectivity index (χ1) is 40.0. The molecule has 0 saturated heterocycles. The Morgan fingerprint density at radius 3 is 0.877 bits per heavy atom. The molecule has 0 heterocycles. The van der Waals surface area contributed by atoms with Crippen LogP contribution in [0.5, 0.6) is 0 Å². The Morgan fingerprint density at radius 2 is 0.580 bits per heavy atom. The molecule has 2 unspecified atom stereocenters. The molecule has 6 heteroatoms. The summed E-state index contributed by atoms with van der Waals surface area (Å²) in [6.07, 6.45) is 89.5. The van der Waals surface area contributed by atoms with Crippen molar-refractivity contribution in [1.82, 2.24) is 5.32 Å². The molecule has 1 amide bonds. The molecule has 0 spiro atoms. The molecule has 0 aromatic heterocycles. The van der Waals surface area contributed by atoms with E-state index in [1.54, 1.807) is 0 Å². The fraction of sp³-hybridized carbons (Fsp3) is 0.920. The number of carbonyl (C=O) groups excluding carboxylic acids is 2. The van der Waals surface area contributed by atoms with Gasteiger partial charge in [0.2, 0.25) is 5.91 Å². The standard InChI is InChI=1S/C75H145NO5/c1-3-5-7-9-11-13-15-17-19-21-23-24-25-26-29-32-35-39-43-47-51-55-59-63-67-73(78)72(71-77)76-74(79)68-64-60-56-52-48-44-40-36-33-30-27-28-31-34-38-42-46-50-54-58-62-66-70-81-75(80)69-65-61-57-53-49-45-41-37-22-20-18-16-14-12-10-8-6-4-2/h20,22,30,33,72-73,77-78H,3-19,21,23-29,31-32,34-71H2,1-2H3,(H,76,79)/b22-20-,33-30-. The molecule has 6 nitrogen and oxygen atoms in total. The smallest absolute Gasteiger partial charge is 0.305 e. The zero-order valence-corrected chi connectivity index (χ0v) is 55.0. The predicted molar refractivity (Wildman–Crippen MR) is 356 cm³/mol. The van der Waals surface area contributed by atoms with E-state index in [0.717, 1.165) is 44.9 Å². The van der Waals surface area contributed by atoms with Crippen LogP contribution in [0.15, 0.2) is 24.3 Å². The Bertz CT molecular complexity index is 1270. The van der Waals surface area contributed by atoms with Crippen LogP contribution >= 0.6 is 0 Å². The molecule has 0 saturated carbocycles. The van der Waals surface area contributed by atoms with Crippen LogP contribution in [0.1, 0.15) is 418 Å². The minimum absolute atomic E-state index is 0.00827. The van der Waals surface area contributed by atoms with E-state index in [1.807, 2.05) is 0 Å². The van der Waals surface area contributed by atoms with Gasteiger partial charge >= 0.3 is 5.97 Å². The van der Waals surface area contributed by atoms with E-state index in [-0.39, 0.29) is 18.5 Å². The zero-order chi connectivity index (χ0) is 58.5. The van der Waals surface area contributed by atoms with Crippen LogP contribution in [-0.4, -0.2) is 47.4 Å². The number of nitrogens with one attached hydrogen (secondary N) is 1. The highest BCUT2D eigenvalue weighted by Gasteiger charge is 2.20. The summed E-state index contributed by atoms with van der Waals surface area (Å²) < 4.78 is 5.50.